The summed E-state index contributed by atoms with van der Waals surface area (Å²) in [7, 11) is 0. The van der Waals surface area contributed by atoms with E-state index in [1.807, 2.05) is 12.4 Å². The van der Waals surface area contributed by atoms with Crippen LogP contribution < -0.4 is 5.32 Å². The first-order valence-electron chi connectivity index (χ1n) is 5.13. The standard InChI is InChI=1S/C12H16N2/c1-9(2)10-5-7-14-12(8-10)11-4-3-6-13-11/h3,5-9,12,14H,4H2,1-2H3. The summed E-state index contributed by atoms with van der Waals surface area (Å²) in [5.41, 5.74) is 2.61. The summed E-state index contributed by atoms with van der Waals surface area (Å²) in [6.45, 7) is 4.43. The number of nitrogens with zero attached hydrogens (tertiary/aromatic N) is 1. The first kappa shape index (κ1) is 9.25. The third kappa shape index (κ3) is 1.79. The predicted octanol–water partition coefficient (Wildman–Crippen LogP) is 2.41. The Hall–Kier alpha value is -1.31. The molecule has 0 amide bonds. The average molecular weight is 188 g/mol. The molecule has 0 aromatic carbocycles. The SMILES string of the molecule is CC(C)C1=CC(C2=NC=CC2)NC=C1. The van der Waals surface area contributed by atoms with Crippen molar-refractivity contribution in [2.24, 2.45) is 10.9 Å². The summed E-state index contributed by atoms with van der Waals surface area (Å²) in [6.07, 6.45) is 11.4. The van der Waals surface area contributed by atoms with Crippen molar-refractivity contribution < 1.29 is 0 Å². The molecule has 0 fully saturated rings. The highest BCUT2D eigenvalue weighted by molar-refractivity contribution is 5.94. The van der Waals surface area contributed by atoms with Gasteiger partial charge in [0.25, 0.3) is 0 Å². The van der Waals surface area contributed by atoms with Gasteiger partial charge in [-0.25, -0.2) is 0 Å². The Balaban J connectivity index is 2.12. The minimum absolute atomic E-state index is 0.299. The van der Waals surface area contributed by atoms with Crippen molar-refractivity contribution in [3.05, 3.63) is 36.2 Å². The van der Waals surface area contributed by atoms with Crippen LogP contribution in [0.25, 0.3) is 0 Å². The number of hydrogen-bond donors (Lipinski definition) is 1. The Kier molecular flexibility index (Phi) is 2.53. The normalized spacial score (nSPS) is 24.9. The quantitative estimate of drug-likeness (QED) is 0.707. The Morgan fingerprint density at radius 3 is 3.00 bits per heavy atom. The van der Waals surface area contributed by atoms with E-state index in [0.717, 1.165) is 6.42 Å². The highest BCUT2D eigenvalue weighted by atomic mass is 14.9. The van der Waals surface area contributed by atoms with Crippen LogP contribution in [0.4, 0.5) is 0 Å². The molecule has 1 atom stereocenters. The number of rotatable bonds is 2. The van der Waals surface area contributed by atoms with Gasteiger partial charge in [-0.2, -0.15) is 0 Å². The van der Waals surface area contributed by atoms with E-state index < -0.39 is 0 Å². The van der Waals surface area contributed by atoms with Gasteiger partial charge in [-0.05, 0) is 23.8 Å². The van der Waals surface area contributed by atoms with Crippen LogP contribution in [0.3, 0.4) is 0 Å². The van der Waals surface area contributed by atoms with Crippen molar-refractivity contribution in [2.45, 2.75) is 26.3 Å². The summed E-state index contributed by atoms with van der Waals surface area (Å²) in [5, 5.41) is 3.32. The van der Waals surface area contributed by atoms with Crippen LogP contribution in [0.15, 0.2) is 41.2 Å². The Bertz CT molecular complexity index is 332. The fraction of sp³-hybridized carbons (Fsp3) is 0.417. The molecule has 74 valence electrons. The lowest BCUT2D eigenvalue weighted by Gasteiger charge is -2.20. The van der Waals surface area contributed by atoms with Crippen LogP contribution in [0.2, 0.25) is 0 Å². The zero-order valence-corrected chi connectivity index (χ0v) is 8.70. The molecule has 2 aliphatic heterocycles. The zero-order valence-electron chi connectivity index (χ0n) is 8.70. The third-order valence-electron chi connectivity index (χ3n) is 2.61. The molecule has 1 unspecified atom stereocenters. The first-order valence-corrected chi connectivity index (χ1v) is 5.13. The van der Waals surface area contributed by atoms with Crippen LogP contribution >= 0.6 is 0 Å². The molecule has 14 heavy (non-hydrogen) atoms. The van der Waals surface area contributed by atoms with Gasteiger partial charge in [-0.3, -0.25) is 4.99 Å². The van der Waals surface area contributed by atoms with E-state index in [0.29, 0.717) is 12.0 Å². The molecule has 1 N–H and O–H groups in total. The van der Waals surface area contributed by atoms with Gasteiger partial charge in [-0.1, -0.05) is 26.0 Å². The minimum Gasteiger partial charge on any atom is -0.379 e. The molecule has 0 aromatic rings. The number of aliphatic imine (C=N–C) groups is 1. The smallest absolute Gasteiger partial charge is 0.0834 e. The van der Waals surface area contributed by atoms with Crippen LogP contribution in [-0.2, 0) is 0 Å². The van der Waals surface area contributed by atoms with Gasteiger partial charge in [-0.15, -0.1) is 0 Å². The molecule has 0 saturated heterocycles. The number of nitrogens with one attached hydrogen (secondary N) is 1. The fourth-order valence-corrected chi connectivity index (χ4v) is 1.70. The van der Waals surface area contributed by atoms with Gasteiger partial charge >= 0.3 is 0 Å². The molecule has 0 spiro atoms. The molecule has 2 rings (SSSR count). The molecule has 2 heteroatoms. The maximum absolute atomic E-state index is 4.35. The van der Waals surface area contributed by atoms with E-state index in [-0.39, 0.29) is 0 Å². The van der Waals surface area contributed by atoms with Gasteiger partial charge in [0, 0.05) is 18.3 Å². The van der Waals surface area contributed by atoms with Crippen LogP contribution in [0.1, 0.15) is 20.3 Å². The van der Waals surface area contributed by atoms with Crippen molar-refractivity contribution >= 4 is 5.71 Å². The first-order chi connectivity index (χ1) is 6.77. The van der Waals surface area contributed by atoms with E-state index in [1.165, 1.54) is 11.3 Å². The maximum Gasteiger partial charge on any atom is 0.0834 e. The largest absolute Gasteiger partial charge is 0.379 e. The summed E-state index contributed by atoms with van der Waals surface area (Å²) in [5.74, 6) is 0.589. The molecule has 2 heterocycles. The van der Waals surface area contributed by atoms with Gasteiger partial charge in [0.2, 0.25) is 0 Å². The van der Waals surface area contributed by atoms with Crippen molar-refractivity contribution in [2.75, 3.05) is 0 Å². The average Bonchev–Trinajstić information content (AvgIpc) is 2.71. The lowest BCUT2D eigenvalue weighted by atomic mass is 9.96. The maximum atomic E-state index is 4.35. The third-order valence-corrected chi connectivity index (χ3v) is 2.61. The molecule has 0 saturated carbocycles. The summed E-state index contributed by atoms with van der Waals surface area (Å²) >= 11 is 0. The number of allylic oxidation sites excluding steroid dienone is 3. The van der Waals surface area contributed by atoms with Crippen LogP contribution in [0, 0.1) is 5.92 Å². The highest BCUT2D eigenvalue weighted by Crippen LogP contribution is 2.17. The van der Waals surface area contributed by atoms with Crippen molar-refractivity contribution in [3.63, 3.8) is 0 Å². The van der Waals surface area contributed by atoms with Gasteiger partial charge in [0.1, 0.15) is 0 Å². The van der Waals surface area contributed by atoms with E-state index >= 15 is 0 Å². The second kappa shape index (κ2) is 3.82. The number of dihydropyridines is 1. The van der Waals surface area contributed by atoms with Crippen LogP contribution in [0.5, 0.6) is 0 Å². The van der Waals surface area contributed by atoms with Gasteiger partial charge in [0.05, 0.1) is 6.04 Å². The van der Waals surface area contributed by atoms with Crippen LogP contribution in [-0.4, -0.2) is 11.8 Å². The van der Waals surface area contributed by atoms with Crippen molar-refractivity contribution in [1.29, 1.82) is 0 Å². The lowest BCUT2D eigenvalue weighted by Crippen LogP contribution is -2.33. The van der Waals surface area contributed by atoms with E-state index in [4.69, 9.17) is 0 Å². The molecular formula is C12H16N2. The fourth-order valence-electron chi connectivity index (χ4n) is 1.70. The zero-order chi connectivity index (χ0) is 9.97. The summed E-state index contributed by atoms with van der Waals surface area (Å²) in [4.78, 5) is 4.35. The van der Waals surface area contributed by atoms with Gasteiger partial charge < -0.3 is 5.32 Å². The molecule has 0 aromatic heterocycles. The second-order valence-electron chi connectivity index (χ2n) is 4.01. The monoisotopic (exact) mass is 188 g/mol. The van der Waals surface area contributed by atoms with E-state index in [1.54, 1.807) is 0 Å². The molecule has 0 bridgehead atoms. The Labute approximate surface area is 85.1 Å². The minimum atomic E-state index is 0.299. The topological polar surface area (TPSA) is 24.4 Å². The summed E-state index contributed by atoms with van der Waals surface area (Å²) in [6, 6.07) is 0.299. The molecule has 2 aliphatic rings. The van der Waals surface area contributed by atoms with E-state index in [9.17, 15) is 0 Å². The van der Waals surface area contributed by atoms with E-state index in [2.05, 4.69) is 42.4 Å². The van der Waals surface area contributed by atoms with Crippen molar-refractivity contribution in [1.82, 2.24) is 5.32 Å². The molecule has 2 nitrogen and oxygen atoms in total. The van der Waals surface area contributed by atoms with Crippen molar-refractivity contribution in [3.8, 4) is 0 Å². The second-order valence-corrected chi connectivity index (χ2v) is 4.01. The Morgan fingerprint density at radius 2 is 2.36 bits per heavy atom. The predicted molar refractivity (Wildman–Crippen MR) is 60.2 cm³/mol. The number of hydrogen-bond acceptors (Lipinski definition) is 2. The Morgan fingerprint density at radius 1 is 1.50 bits per heavy atom. The van der Waals surface area contributed by atoms with Gasteiger partial charge in [0.15, 0.2) is 0 Å². The molecule has 0 aliphatic carbocycles. The summed E-state index contributed by atoms with van der Waals surface area (Å²) < 4.78 is 0. The molecule has 0 radical (unpaired) electrons. The lowest BCUT2D eigenvalue weighted by molar-refractivity contribution is 0.749. The molecular weight excluding hydrogens is 172 g/mol. The highest BCUT2D eigenvalue weighted by Gasteiger charge is 2.16.